The number of rotatable bonds is 15. The Morgan fingerprint density at radius 1 is 0.960 bits per heavy atom. The maximum absolute atomic E-state index is 9.25. The van der Waals surface area contributed by atoms with Crippen LogP contribution in [0.1, 0.15) is 90.9 Å². The smallest absolute Gasteiger partial charge is 0.184 e. The highest BCUT2D eigenvalue weighted by Gasteiger charge is 2.30. The number of nitrogens with zero attached hydrogens (tertiary/aromatic N) is 1. The van der Waals surface area contributed by atoms with E-state index in [9.17, 15) is 5.11 Å². The summed E-state index contributed by atoms with van der Waals surface area (Å²) in [6.45, 7) is 4.78. The predicted molar refractivity (Wildman–Crippen MR) is 108 cm³/mol. The summed E-state index contributed by atoms with van der Waals surface area (Å²) in [6, 6.07) is 0. The molecule has 0 radical (unpaired) electrons. The van der Waals surface area contributed by atoms with E-state index in [2.05, 4.69) is 36.2 Å². The number of aliphatic imine (C=N–C) groups is 1. The van der Waals surface area contributed by atoms with Crippen molar-refractivity contribution < 1.29 is 9.84 Å². The molecule has 0 amide bonds. The third-order valence-corrected chi connectivity index (χ3v) is 4.63. The van der Waals surface area contributed by atoms with Crippen molar-refractivity contribution in [1.29, 1.82) is 0 Å². The summed E-state index contributed by atoms with van der Waals surface area (Å²) in [5.74, 6) is 0.835. The van der Waals surface area contributed by atoms with Crippen molar-refractivity contribution in [3.63, 3.8) is 0 Å². The molecule has 1 aliphatic rings. The first-order valence-electron chi connectivity index (χ1n) is 10.3. The highest BCUT2D eigenvalue weighted by molar-refractivity contribution is 5.78. The minimum atomic E-state index is -0.396. The van der Waals surface area contributed by atoms with Gasteiger partial charge in [-0.15, -0.1) is 0 Å². The van der Waals surface area contributed by atoms with E-state index in [-0.39, 0.29) is 6.61 Å². The summed E-state index contributed by atoms with van der Waals surface area (Å²) in [5.41, 5.74) is -0.396. The Labute approximate surface area is 155 Å². The average molecular weight is 350 g/mol. The van der Waals surface area contributed by atoms with Gasteiger partial charge in [0.2, 0.25) is 0 Å². The fourth-order valence-corrected chi connectivity index (χ4v) is 2.90. The van der Waals surface area contributed by atoms with Gasteiger partial charge in [-0.25, -0.2) is 4.99 Å². The van der Waals surface area contributed by atoms with Crippen LogP contribution in [0, 0.1) is 0 Å². The van der Waals surface area contributed by atoms with Crippen molar-refractivity contribution in [2.45, 2.75) is 96.4 Å². The zero-order valence-electron chi connectivity index (χ0n) is 16.5. The van der Waals surface area contributed by atoms with E-state index < -0.39 is 5.54 Å². The molecule has 1 aliphatic heterocycles. The lowest BCUT2D eigenvalue weighted by Gasteiger charge is -2.12. The number of allylic oxidation sites excluding steroid dienone is 4. The van der Waals surface area contributed by atoms with Gasteiger partial charge in [-0.3, -0.25) is 0 Å². The maximum Gasteiger partial charge on any atom is 0.184 e. The second kappa shape index (κ2) is 14.1. The molecule has 0 spiro atoms. The molecule has 0 aromatic rings. The molecule has 0 saturated heterocycles. The fraction of sp³-hybridized carbons (Fsp3) is 0.773. The molecule has 0 aliphatic carbocycles. The lowest BCUT2D eigenvalue weighted by atomic mass is 10.1. The molecule has 25 heavy (non-hydrogen) atoms. The van der Waals surface area contributed by atoms with Crippen LogP contribution in [-0.2, 0) is 4.74 Å². The monoisotopic (exact) mass is 349 g/mol. The number of unbranched alkanes of at least 4 members (excludes halogenated alkanes) is 8. The fourth-order valence-electron chi connectivity index (χ4n) is 2.90. The van der Waals surface area contributed by atoms with E-state index in [4.69, 9.17) is 4.74 Å². The molecule has 0 saturated carbocycles. The van der Waals surface area contributed by atoms with Gasteiger partial charge in [0.1, 0.15) is 12.1 Å². The SMILES string of the molecule is CCCCC/C=C\C/C=C/CCCCCCCC1=N[C@@](C)(CO)CO1. The first-order chi connectivity index (χ1) is 12.2. The Hall–Kier alpha value is -1.09. The molecule has 0 aromatic carbocycles. The molecule has 0 aromatic heterocycles. The molecule has 0 bridgehead atoms. The molecule has 0 unspecified atom stereocenters. The third kappa shape index (κ3) is 11.2. The maximum atomic E-state index is 9.25. The van der Waals surface area contributed by atoms with Gasteiger partial charge in [-0.05, 0) is 45.4 Å². The summed E-state index contributed by atoms with van der Waals surface area (Å²) >= 11 is 0. The minimum Gasteiger partial charge on any atom is -0.478 e. The zero-order valence-corrected chi connectivity index (χ0v) is 16.5. The van der Waals surface area contributed by atoms with Crippen molar-refractivity contribution in [3.05, 3.63) is 24.3 Å². The molecular formula is C22H39NO2. The summed E-state index contributed by atoms with van der Waals surface area (Å²) in [7, 11) is 0. The minimum absolute atomic E-state index is 0.0681. The quantitative estimate of drug-likeness (QED) is 0.292. The molecule has 3 heteroatoms. The van der Waals surface area contributed by atoms with Crippen molar-refractivity contribution in [1.82, 2.24) is 0 Å². The van der Waals surface area contributed by atoms with E-state index in [1.54, 1.807) is 0 Å². The first-order valence-corrected chi connectivity index (χ1v) is 10.3. The van der Waals surface area contributed by atoms with Crippen LogP contribution in [0.25, 0.3) is 0 Å². The van der Waals surface area contributed by atoms with Gasteiger partial charge in [0.25, 0.3) is 0 Å². The number of hydrogen-bond donors (Lipinski definition) is 1. The predicted octanol–water partition coefficient (Wildman–Crippen LogP) is 5.98. The topological polar surface area (TPSA) is 41.8 Å². The van der Waals surface area contributed by atoms with Gasteiger partial charge in [-0.2, -0.15) is 0 Å². The van der Waals surface area contributed by atoms with Crippen molar-refractivity contribution >= 4 is 5.90 Å². The number of ether oxygens (including phenoxy) is 1. The standard InChI is InChI=1S/C22H39NO2/c1-3-4-5-6-7-8-9-10-11-12-13-14-15-16-17-18-21-23-22(2,19-24)20-25-21/h7-8,10-11,24H,3-6,9,12-20H2,1-2H3/b8-7-,11-10+/t22-/m0/s1. The molecule has 144 valence electrons. The van der Waals surface area contributed by atoms with Gasteiger partial charge in [0.05, 0.1) is 6.61 Å². The number of aliphatic hydroxyl groups excluding tert-OH is 1. The van der Waals surface area contributed by atoms with Crippen LogP contribution < -0.4 is 0 Å². The van der Waals surface area contributed by atoms with Crippen LogP contribution >= 0.6 is 0 Å². The number of hydrogen-bond acceptors (Lipinski definition) is 3. The van der Waals surface area contributed by atoms with Crippen molar-refractivity contribution in [2.24, 2.45) is 4.99 Å². The van der Waals surface area contributed by atoms with Crippen LogP contribution in [0.15, 0.2) is 29.3 Å². The van der Waals surface area contributed by atoms with Crippen LogP contribution in [0.4, 0.5) is 0 Å². The first kappa shape index (κ1) is 22.0. The van der Waals surface area contributed by atoms with Crippen LogP contribution in [0.3, 0.4) is 0 Å². The second-order valence-electron chi connectivity index (χ2n) is 7.43. The molecule has 1 N–H and O–H groups in total. The van der Waals surface area contributed by atoms with Gasteiger partial charge in [-0.1, -0.05) is 63.3 Å². The average Bonchev–Trinajstić information content (AvgIpc) is 3.00. The highest BCUT2D eigenvalue weighted by Crippen LogP contribution is 2.20. The Balaban J connectivity index is 1.87. The summed E-state index contributed by atoms with van der Waals surface area (Å²) in [4.78, 5) is 4.47. The lowest BCUT2D eigenvalue weighted by Crippen LogP contribution is -2.28. The normalized spacial score (nSPS) is 20.5. The van der Waals surface area contributed by atoms with Gasteiger partial charge in [0, 0.05) is 6.42 Å². The number of aliphatic hydroxyl groups is 1. The molecular weight excluding hydrogens is 310 g/mol. The molecule has 0 fully saturated rings. The van der Waals surface area contributed by atoms with E-state index in [0.29, 0.717) is 6.61 Å². The molecule has 1 atom stereocenters. The Morgan fingerprint density at radius 3 is 2.24 bits per heavy atom. The van der Waals surface area contributed by atoms with E-state index >= 15 is 0 Å². The second-order valence-corrected chi connectivity index (χ2v) is 7.43. The Bertz CT molecular complexity index is 414. The lowest BCUT2D eigenvalue weighted by molar-refractivity contribution is 0.169. The van der Waals surface area contributed by atoms with Crippen molar-refractivity contribution in [3.8, 4) is 0 Å². The summed E-state index contributed by atoms with van der Waals surface area (Å²) in [5, 5.41) is 9.25. The van der Waals surface area contributed by atoms with Gasteiger partial charge < -0.3 is 9.84 Å². The summed E-state index contributed by atoms with van der Waals surface area (Å²) < 4.78 is 5.55. The van der Waals surface area contributed by atoms with Crippen LogP contribution in [-0.4, -0.2) is 29.8 Å². The van der Waals surface area contributed by atoms with Crippen LogP contribution in [0.2, 0.25) is 0 Å². The third-order valence-electron chi connectivity index (χ3n) is 4.63. The molecule has 1 heterocycles. The summed E-state index contributed by atoms with van der Waals surface area (Å²) in [6.07, 6.45) is 23.9. The van der Waals surface area contributed by atoms with E-state index in [1.165, 1.54) is 57.8 Å². The van der Waals surface area contributed by atoms with Gasteiger partial charge in [0.15, 0.2) is 5.90 Å². The highest BCUT2D eigenvalue weighted by atomic mass is 16.5. The van der Waals surface area contributed by atoms with Gasteiger partial charge >= 0.3 is 0 Å². The molecule has 3 nitrogen and oxygen atoms in total. The Kier molecular flexibility index (Phi) is 12.4. The largest absolute Gasteiger partial charge is 0.478 e. The van der Waals surface area contributed by atoms with Crippen LogP contribution in [0.5, 0.6) is 0 Å². The van der Waals surface area contributed by atoms with Crippen molar-refractivity contribution in [2.75, 3.05) is 13.2 Å². The van der Waals surface area contributed by atoms with E-state index in [1.807, 2.05) is 6.92 Å². The van der Waals surface area contributed by atoms with E-state index in [0.717, 1.165) is 25.2 Å². The zero-order chi connectivity index (χ0) is 18.2. The Morgan fingerprint density at radius 2 is 1.60 bits per heavy atom. The molecule has 1 rings (SSSR count).